The topological polar surface area (TPSA) is 64.7 Å². The second-order valence-corrected chi connectivity index (χ2v) is 4.41. The molecule has 2 aromatic heterocycles. The van der Waals surface area contributed by atoms with Gasteiger partial charge in [-0.15, -0.1) is 0 Å². The molecule has 0 spiro atoms. The van der Waals surface area contributed by atoms with Crippen LogP contribution in [-0.2, 0) is 18.3 Å². The zero-order chi connectivity index (χ0) is 13.9. The quantitative estimate of drug-likeness (QED) is 0.637. The van der Waals surface area contributed by atoms with Crippen LogP contribution < -0.4 is 0 Å². The number of alkyl halides is 3. The maximum atomic E-state index is 12.4. The standard InChI is InChI=1S/C10H9F3N4OS/c1-2-7-16-8(18-17-7)5-19-9-14-4-3-6(15-9)10(11,12)13/h3-4H,2,5H2,1H3. The third-order valence-electron chi connectivity index (χ3n) is 2.08. The van der Waals surface area contributed by atoms with Gasteiger partial charge in [0.05, 0.1) is 5.75 Å². The second kappa shape index (κ2) is 5.55. The number of nitrogens with zero attached hydrogens (tertiary/aromatic N) is 4. The van der Waals surface area contributed by atoms with Crippen LogP contribution in [0, 0.1) is 0 Å². The van der Waals surface area contributed by atoms with Gasteiger partial charge in [-0.25, -0.2) is 9.97 Å². The van der Waals surface area contributed by atoms with Crippen molar-refractivity contribution in [1.82, 2.24) is 20.1 Å². The summed E-state index contributed by atoms with van der Waals surface area (Å²) in [5.74, 6) is 1.12. The van der Waals surface area contributed by atoms with E-state index in [0.717, 1.165) is 24.0 Å². The van der Waals surface area contributed by atoms with Crippen LogP contribution in [0.2, 0.25) is 0 Å². The Morgan fingerprint density at radius 3 is 2.74 bits per heavy atom. The van der Waals surface area contributed by atoms with Gasteiger partial charge in [-0.05, 0) is 6.07 Å². The van der Waals surface area contributed by atoms with E-state index >= 15 is 0 Å². The lowest BCUT2D eigenvalue weighted by Gasteiger charge is -2.05. The molecule has 2 heterocycles. The molecule has 9 heteroatoms. The molecule has 0 aromatic carbocycles. The van der Waals surface area contributed by atoms with Crippen molar-refractivity contribution in [3.8, 4) is 0 Å². The van der Waals surface area contributed by atoms with Crippen molar-refractivity contribution in [3.63, 3.8) is 0 Å². The van der Waals surface area contributed by atoms with E-state index in [9.17, 15) is 13.2 Å². The number of hydrogen-bond acceptors (Lipinski definition) is 6. The van der Waals surface area contributed by atoms with Crippen molar-refractivity contribution >= 4 is 11.8 Å². The Kier molecular flexibility index (Phi) is 4.03. The van der Waals surface area contributed by atoms with Crippen LogP contribution in [0.3, 0.4) is 0 Å². The highest BCUT2D eigenvalue weighted by atomic mass is 32.2. The van der Waals surface area contributed by atoms with Crippen molar-refractivity contribution in [2.24, 2.45) is 0 Å². The number of thioether (sulfide) groups is 1. The van der Waals surface area contributed by atoms with Gasteiger partial charge in [0, 0.05) is 12.6 Å². The van der Waals surface area contributed by atoms with Gasteiger partial charge >= 0.3 is 6.18 Å². The molecular weight excluding hydrogens is 281 g/mol. The summed E-state index contributed by atoms with van der Waals surface area (Å²) in [7, 11) is 0. The lowest BCUT2D eigenvalue weighted by atomic mass is 10.4. The molecule has 0 bridgehead atoms. The first-order chi connectivity index (χ1) is 8.99. The highest BCUT2D eigenvalue weighted by Gasteiger charge is 2.32. The van der Waals surface area contributed by atoms with Gasteiger partial charge < -0.3 is 4.52 Å². The van der Waals surface area contributed by atoms with Gasteiger partial charge in [0.1, 0.15) is 5.69 Å². The molecule has 0 fully saturated rings. The Labute approximate surface area is 110 Å². The van der Waals surface area contributed by atoms with E-state index < -0.39 is 11.9 Å². The zero-order valence-corrected chi connectivity index (χ0v) is 10.6. The summed E-state index contributed by atoms with van der Waals surface area (Å²) in [6.07, 6.45) is -2.77. The van der Waals surface area contributed by atoms with E-state index in [2.05, 4.69) is 20.1 Å². The van der Waals surface area contributed by atoms with E-state index in [-0.39, 0.29) is 10.9 Å². The summed E-state index contributed by atoms with van der Waals surface area (Å²) in [6.45, 7) is 1.87. The minimum absolute atomic E-state index is 0.0195. The molecule has 19 heavy (non-hydrogen) atoms. The van der Waals surface area contributed by atoms with Crippen LogP contribution in [0.25, 0.3) is 0 Å². The van der Waals surface area contributed by atoms with Crippen LogP contribution in [0.15, 0.2) is 21.9 Å². The molecule has 0 aliphatic rings. The summed E-state index contributed by atoms with van der Waals surface area (Å²) >= 11 is 1.01. The fraction of sp³-hybridized carbons (Fsp3) is 0.400. The van der Waals surface area contributed by atoms with Gasteiger partial charge in [-0.1, -0.05) is 23.8 Å². The van der Waals surface area contributed by atoms with Crippen LogP contribution in [0.1, 0.15) is 24.3 Å². The summed E-state index contributed by atoms with van der Waals surface area (Å²) in [6, 6.07) is 0.825. The Morgan fingerprint density at radius 2 is 2.11 bits per heavy atom. The van der Waals surface area contributed by atoms with E-state index in [1.54, 1.807) is 0 Å². The number of hydrogen-bond donors (Lipinski definition) is 0. The predicted molar refractivity (Wildman–Crippen MR) is 60.3 cm³/mol. The molecule has 2 aromatic rings. The number of rotatable bonds is 4. The minimum Gasteiger partial charge on any atom is -0.338 e. The fourth-order valence-corrected chi connectivity index (χ4v) is 1.86. The Hall–Kier alpha value is -1.64. The predicted octanol–water partition coefficient (Wildman–Crippen LogP) is 2.73. The molecule has 0 saturated heterocycles. The molecule has 0 aliphatic heterocycles. The summed E-state index contributed by atoms with van der Waals surface area (Å²) < 4.78 is 42.2. The van der Waals surface area contributed by atoms with Gasteiger partial charge in [0.2, 0.25) is 5.89 Å². The molecular formula is C10H9F3N4OS. The van der Waals surface area contributed by atoms with Crippen molar-refractivity contribution in [2.75, 3.05) is 0 Å². The third-order valence-corrected chi connectivity index (χ3v) is 2.92. The first-order valence-electron chi connectivity index (χ1n) is 5.33. The fourth-order valence-electron chi connectivity index (χ4n) is 1.19. The van der Waals surface area contributed by atoms with Crippen LogP contribution >= 0.6 is 11.8 Å². The maximum Gasteiger partial charge on any atom is 0.433 e. The van der Waals surface area contributed by atoms with Crippen molar-refractivity contribution < 1.29 is 17.7 Å². The molecule has 0 aliphatic carbocycles. The smallest absolute Gasteiger partial charge is 0.338 e. The lowest BCUT2D eigenvalue weighted by Crippen LogP contribution is -2.08. The van der Waals surface area contributed by atoms with Crippen LogP contribution in [0.4, 0.5) is 13.2 Å². The molecule has 102 valence electrons. The molecule has 0 radical (unpaired) electrons. The van der Waals surface area contributed by atoms with Crippen LogP contribution in [-0.4, -0.2) is 20.1 Å². The first kappa shape index (κ1) is 13.8. The molecule has 0 atom stereocenters. The van der Waals surface area contributed by atoms with Crippen molar-refractivity contribution in [2.45, 2.75) is 30.4 Å². The van der Waals surface area contributed by atoms with E-state index in [4.69, 9.17) is 4.52 Å². The Morgan fingerprint density at radius 1 is 1.32 bits per heavy atom. The number of aryl methyl sites for hydroxylation is 1. The minimum atomic E-state index is -4.47. The molecule has 0 unspecified atom stereocenters. The molecule has 2 rings (SSSR count). The first-order valence-corrected chi connectivity index (χ1v) is 6.32. The zero-order valence-electron chi connectivity index (χ0n) is 9.81. The van der Waals surface area contributed by atoms with E-state index in [0.29, 0.717) is 18.1 Å². The van der Waals surface area contributed by atoms with Gasteiger partial charge in [0.25, 0.3) is 0 Å². The summed E-state index contributed by atoms with van der Waals surface area (Å²) in [4.78, 5) is 11.2. The monoisotopic (exact) mass is 290 g/mol. The van der Waals surface area contributed by atoms with E-state index in [1.807, 2.05) is 6.92 Å². The van der Waals surface area contributed by atoms with Gasteiger partial charge in [-0.3, -0.25) is 0 Å². The lowest BCUT2D eigenvalue weighted by molar-refractivity contribution is -0.141. The Bertz CT molecular complexity index is 558. The van der Waals surface area contributed by atoms with Crippen molar-refractivity contribution in [3.05, 3.63) is 29.7 Å². The average Bonchev–Trinajstić information content (AvgIpc) is 2.84. The highest BCUT2D eigenvalue weighted by Crippen LogP contribution is 2.28. The molecule has 0 amide bonds. The maximum absolute atomic E-state index is 12.4. The third kappa shape index (κ3) is 3.66. The SMILES string of the molecule is CCc1noc(CSc2nccc(C(F)(F)F)n2)n1. The Balaban J connectivity index is 2.03. The average molecular weight is 290 g/mol. The number of halogens is 3. The summed E-state index contributed by atoms with van der Waals surface area (Å²) in [5.41, 5.74) is -0.968. The van der Waals surface area contributed by atoms with E-state index in [1.165, 1.54) is 0 Å². The largest absolute Gasteiger partial charge is 0.433 e. The van der Waals surface area contributed by atoms with Crippen LogP contribution in [0.5, 0.6) is 0 Å². The molecule has 0 saturated carbocycles. The number of aromatic nitrogens is 4. The summed E-state index contributed by atoms with van der Waals surface area (Å²) in [5, 5.41) is 3.70. The normalized spacial score (nSPS) is 11.8. The van der Waals surface area contributed by atoms with Crippen molar-refractivity contribution in [1.29, 1.82) is 0 Å². The van der Waals surface area contributed by atoms with Gasteiger partial charge in [-0.2, -0.15) is 18.2 Å². The highest BCUT2D eigenvalue weighted by molar-refractivity contribution is 7.98. The second-order valence-electron chi connectivity index (χ2n) is 3.47. The molecule has 5 nitrogen and oxygen atoms in total. The van der Waals surface area contributed by atoms with Gasteiger partial charge in [0.15, 0.2) is 11.0 Å². The molecule has 0 N–H and O–H groups in total.